The van der Waals surface area contributed by atoms with E-state index in [0.717, 1.165) is 11.3 Å². The number of hydrogen-bond donors (Lipinski definition) is 2. The second kappa shape index (κ2) is 9.49. The van der Waals surface area contributed by atoms with Crippen LogP contribution in [0.2, 0.25) is 5.02 Å². The quantitative estimate of drug-likeness (QED) is 0.694. The lowest BCUT2D eigenvalue weighted by molar-refractivity contribution is -0.113. The molecule has 6 heteroatoms. The van der Waals surface area contributed by atoms with Crippen molar-refractivity contribution in [2.45, 2.75) is 31.2 Å². The van der Waals surface area contributed by atoms with Gasteiger partial charge in [0.1, 0.15) is 0 Å². The van der Waals surface area contributed by atoms with Crippen molar-refractivity contribution in [1.82, 2.24) is 5.32 Å². The van der Waals surface area contributed by atoms with Crippen LogP contribution in [0, 0.1) is 0 Å². The molecule has 2 amide bonds. The minimum Gasteiger partial charge on any atom is -0.350 e. The van der Waals surface area contributed by atoms with E-state index in [1.807, 2.05) is 26.0 Å². The molecule has 2 aromatic rings. The summed E-state index contributed by atoms with van der Waals surface area (Å²) < 4.78 is 0. The van der Waals surface area contributed by atoms with Crippen LogP contribution in [0.5, 0.6) is 0 Å². The molecule has 4 nitrogen and oxygen atoms in total. The van der Waals surface area contributed by atoms with Crippen LogP contribution in [0.3, 0.4) is 0 Å². The van der Waals surface area contributed by atoms with E-state index >= 15 is 0 Å². The second-order valence-electron chi connectivity index (χ2n) is 5.62. The Labute approximate surface area is 157 Å². The standard InChI is InChI=1S/C19H21ClN2O2S/c1-3-13(2)21-19(24)16-6-4-5-7-17(16)22-18(23)12-25-15-10-8-14(20)9-11-15/h4-11,13H,3,12H2,1-2H3,(H,21,24)(H,22,23)/t13-/m1/s1. The number of nitrogens with one attached hydrogen (secondary N) is 2. The van der Waals surface area contributed by atoms with Gasteiger partial charge < -0.3 is 10.6 Å². The van der Waals surface area contributed by atoms with Crippen LogP contribution in [0.15, 0.2) is 53.4 Å². The molecule has 25 heavy (non-hydrogen) atoms. The van der Waals surface area contributed by atoms with Crippen molar-refractivity contribution in [2.75, 3.05) is 11.1 Å². The molecule has 0 aliphatic heterocycles. The molecule has 0 heterocycles. The maximum atomic E-state index is 12.3. The first-order valence-electron chi connectivity index (χ1n) is 8.07. The maximum absolute atomic E-state index is 12.3. The highest BCUT2D eigenvalue weighted by Gasteiger charge is 2.14. The summed E-state index contributed by atoms with van der Waals surface area (Å²) in [6, 6.07) is 14.4. The normalized spacial score (nSPS) is 11.6. The molecule has 0 fully saturated rings. The summed E-state index contributed by atoms with van der Waals surface area (Å²) in [5, 5.41) is 6.39. The lowest BCUT2D eigenvalue weighted by atomic mass is 10.1. The minimum atomic E-state index is -0.185. The fraction of sp³-hybridized carbons (Fsp3) is 0.263. The number of halogens is 1. The third-order valence-electron chi connectivity index (χ3n) is 3.62. The minimum absolute atomic E-state index is 0.0803. The van der Waals surface area contributed by atoms with Crippen molar-refractivity contribution in [3.8, 4) is 0 Å². The van der Waals surface area contributed by atoms with Crippen molar-refractivity contribution in [2.24, 2.45) is 0 Å². The van der Waals surface area contributed by atoms with Gasteiger partial charge in [-0.2, -0.15) is 0 Å². The first kappa shape index (κ1) is 19.3. The van der Waals surface area contributed by atoms with Crippen molar-refractivity contribution < 1.29 is 9.59 Å². The van der Waals surface area contributed by atoms with Gasteiger partial charge in [-0.05, 0) is 49.7 Å². The van der Waals surface area contributed by atoms with Gasteiger partial charge in [0, 0.05) is 16.0 Å². The van der Waals surface area contributed by atoms with E-state index in [-0.39, 0.29) is 23.6 Å². The molecule has 0 aromatic heterocycles. The SMILES string of the molecule is CC[C@@H](C)NC(=O)c1ccccc1NC(=O)CSc1ccc(Cl)cc1. The Morgan fingerprint density at radius 3 is 2.48 bits per heavy atom. The molecular weight excluding hydrogens is 356 g/mol. The molecule has 0 aliphatic rings. The fourth-order valence-electron chi connectivity index (χ4n) is 2.06. The van der Waals surface area contributed by atoms with E-state index in [9.17, 15) is 9.59 Å². The first-order chi connectivity index (χ1) is 12.0. The third-order valence-corrected chi connectivity index (χ3v) is 4.88. The van der Waals surface area contributed by atoms with Crippen molar-refractivity contribution in [3.05, 3.63) is 59.1 Å². The molecule has 0 unspecified atom stereocenters. The van der Waals surface area contributed by atoms with Gasteiger partial charge in [-0.15, -0.1) is 11.8 Å². The van der Waals surface area contributed by atoms with Crippen LogP contribution in [0.1, 0.15) is 30.6 Å². The molecule has 132 valence electrons. The van der Waals surface area contributed by atoms with Crippen molar-refractivity contribution in [3.63, 3.8) is 0 Å². The zero-order valence-electron chi connectivity index (χ0n) is 14.2. The van der Waals surface area contributed by atoms with E-state index < -0.39 is 0 Å². The molecule has 0 saturated carbocycles. The average Bonchev–Trinajstić information content (AvgIpc) is 2.61. The van der Waals surface area contributed by atoms with Gasteiger partial charge in [-0.3, -0.25) is 9.59 Å². The molecule has 2 aromatic carbocycles. The first-order valence-corrected chi connectivity index (χ1v) is 9.44. The summed E-state index contributed by atoms with van der Waals surface area (Å²) in [6.07, 6.45) is 0.845. The number of para-hydroxylation sites is 1. The summed E-state index contributed by atoms with van der Waals surface area (Å²) in [7, 11) is 0. The molecule has 0 radical (unpaired) electrons. The molecule has 0 bridgehead atoms. The van der Waals surface area contributed by atoms with Gasteiger partial charge in [0.25, 0.3) is 5.91 Å². The average molecular weight is 377 g/mol. The van der Waals surface area contributed by atoms with Crippen LogP contribution in [-0.4, -0.2) is 23.6 Å². The topological polar surface area (TPSA) is 58.2 Å². The lowest BCUT2D eigenvalue weighted by Gasteiger charge is -2.14. The van der Waals surface area contributed by atoms with E-state index in [1.165, 1.54) is 11.8 Å². The highest BCUT2D eigenvalue weighted by Crippen LogP contribution is 2.21. The Bertz CT molecular complexity index is 734. The van der Waals surface area contributed by atoms with Crippen molar-refractivity contribution >= 4 is 40.9 Å². The Balaban J connectivity index is 1.98. The van der Waals surface area contributed by atoms with Crippen LogP contribution in [0.25, 0.3) is 0 Å². The number of thioether (sulfide) groups is 1. The number of carbonyl (C=O) groups is 2. The molecule has 1 atom stereocenters. The van der Waals surface area contributed by atoms with E-state index in [2.05, 4.69) is 10.6 Å². The van der Waals surface area contributed by atoms with Gasteiger partial charge in [-0.1, -0.05) is 30.7 Å². The molecular formula is C19H21ClN2O2S. The number of anilines is 1. The third kappa shape index (κ3) is 6.11. The summed E-state index contributed by atoms with van der Waals surface area (Å²) >= 11 is 7.26. The number of amides is 2. The fourth-order valence-corrected chi connectivity index (χ4v) is 2.88. The largest absolute Gasteiger partial charge is 0.350 e. The molecule has 0 aliphatic carbocycles. The van der Waals surface area contributed by atoms with Gasteiger partial charge in [0.05, 0.1) is 17.0 Å². The van der Waals surface area contributed by atoms with Gasteiger partial charge in [0.2, 0.25) is 5.91 Å². The van der Waals surface area contributed by atoms with Crippen LogP contribution in [0.4, 0.5) is 5.69 Å². The molecule has 2 N–H and O–H groups in total. The molecule has 2 rings (SSSR count). The predicted octanol–water partition coefficient (Wildman–Crippen LogP) is 4.60. The van der Waals surface area contributed by atoms with Crippen molar-refractivity contribution in [1.29, 1.82) is 0 Å². The summed E-state index contributed by atoms with van der Waals surface area (Å²) in [4.78, 5) is 25.5. The van der Waals surface area contributed by atoms with Crippen LogP contribution >= 0.6 is 23.4 Å². The zero-order valence-corrected chi connectivity index (χ0v) is 15.8. The lowest BCUT2D eigenvalue weighted by Crippen LogP contribution is -2.32. The van der Waals surface area contributed by atoms with Gasteiger partial charge in [-0.25, -0.2) is 0 Å². The Morgan fingerprint density at radius 2 is 1.80 bits per heavy atom. The highest BCUT2D eigenvalue weighted by atomic mass is 35.5. The Kier molecular flexibility index (Phi) is 7.34. The number of carbonyl (C=O) groups excluding carboxylic acids is 2. The Morgan fingerprint density at radius 1 is 1.12 bits per heavy atom. The smallest absolute Gasteiger partial charge is 0.253 e. The van der Waals surface area contributed by atoms with Gasteiger partial charge in [0.15, 0.2) is 0 Å². The predicted molar refractivity (Wildman–Crippen MR) is 104 cm³/mol. The van der Waals surface area contributed by atoms with Gasteiger partial charge >= 0.3 is 0 Å². The summed E-state index contributed by atoms with van der Waals surface area (Å²) in [5.41, 5.74) is 0.984. The Hall–Kier alpha value is -1.98. The summed E-state index contributed by atoms with van der Waals surface area (Å²) in [5.74, 6) is -0.0949. The summed E-state index contributed by atoms with van der Waals surface area (Å²) in [6.45, 7) is 3.95. The van der Waals surface area contributed by atoms with E-state index in [1.54, 1.807) is 36.4 Å². The molecule has 0 spiro atoms. The van der Waals surface area contributed by atoms with Crippen LogP contribution < -0.4 is 10.6 Å². The number of benzene rings is 2. The van der Waals surface area contributed by atoms with E-state index in [4.69, 9.17) is 11.6 Å². The van der Waals surface area contributed by atoms with E-state index in [0.29, 0.717) is 16.3 Å². The highest BCUT2D eigenvalue weighted by molar-refractivity contribution is 8.00. The zero-order chi connectivity index (χ0) is 18.2. The number of hydrogen-bond acceptors (Lipinski definition) is 3. The second-order valence-corrected chi connectivity index (χ2v) is 7.10. The monoisotopic (exact) mass is 376 g/mol. The number of rotatable bonds is 7. The molecule has 0 saturated heterocycles. The van der Waals surface area contributed by atoms with Crippen LogP contribution in [-0.2, 0) is 4.79 Å². The maximum Gasteiger partial charge on any atom is 0.253 e.